The van der Waals surface area contributed by atoms with Gasteiger partial charge in [-0.1, -0.05) is 42.6 Å². The molecule has 1 aromatic rings. The first kappa shape index (κ1) is 13.8. The Morgan fingerprint density at radius 3 is 2.62 bits per heavy atom. The molecular formula is C12H18Cl2N2. The van der Waals surface area contributed by atoms with Crippen LogP contribution in [-0.4, -0.2) is 13.1 Å². The summed E-state index contributed by atoms with van der Waals surface area (Å²) in [6.45, 7) is 4.61. The predicted molar refractivity (Wildman–Crippen MR) is 71.0 cm³/mol. The predicted octanol–water partition coefficient (Wildman–Crippen LogP) is 3.07. The lowest BCUT2D eigenvalue weighted by molar-refractivity contribution is 0.471. The van der Waals surface area contributed by atoms with Gasteiger partial charge in [0.1, 0.15) is 0 Å². The molecule has 1 aromatic carbocycles. The maximum Gasteiger partial charge on any atom is 0.0595 e. The molecule has 1 unspecified atom stereocenters. The Labute approximate surface area is 107 Å². The molecule has 0 heterocycles. The van der Waals surface area contributed by atoms with Crippen LogP contribution in [0.5, 0.6) is 0 Å². The Kier molecular flexibility index (Phi) is 6.14. The van der Waals surface area contributed by atoms with Gasteiger partial charge in [-0.25, -0.2) is 0 Å². The van der Waals surface area contributed by atoms with Crippen LogP contribution in [0.25, 0.3) is 0 Å². The van der Waals surface area contributed by atoms with Crippen molar-refractivity contribution in [2.24, 2.45) is 11.7 Å². The van der Waals surface area contributed by atoms with Crippen molar-refractivity contribution < 1.29 is 0 Å². The molecule has 1 rings (SSSR count). The van der Waals surface area contributed by atoms with Crippen molar-refractivity contribution in [1.82, 2.24) is 5.32 Å². The summed E-state index contributed by atoms with van der Waals surface area (Å²) in [6.07, 6.45) is 1.10. The molecule has 0 radical (unpaired) electrons. The standard InChI is InChI=1S/C12H18Cl2N2/c1-2-9(6-15)7-16-8-10-3-4-11(13)12(14)5-10/h3-5,9,16H,2,6-8,15H2,1H3. The van der Waals surface area contributed by atoms with E-state index in [0.29, 0.717) is 16.0 Å². The van der Waals surface area contributed by atoms with E-state index in [0.717, 1.165) is 31.6 Å². The molecule has 3 N–H and O–H groups in total. The molecule has 16 heavy (non-hydrogen) atoms. The maximum absolute atomic E-state index is 5.93. The van der Waals surface area contributed by atoms with Crippen molar-refractivity contribution in [3.8, 4) is 0 Å². The first-order valence-corrected chi connectivity index (χ1v) is 6.27. The lowest BCUT2D eigenvalue weighted by Crippen LogP contribution is -2.27. The van der Waals surface area contributed by atoms with Crippen LogP contribution in [-0.2, 0) is 6.54 Å². The fourth-order valence-corrected chi connectivity index (χ4v) is 1.79. The zero-order valence-corrected chi connectivity index (χ0v) is 11.0. The fraction of sp³-hybridized carbons (Fsp3) is 0.500. The highest BCUT2D eigenvalue weighted by atomic mass is 35.5. The Balaban J connectivity index is 2.40. The van der Waals surface area contributed by atoms with Crippen molar-refractivity contribution in [3.05, 3.63) is 33.8 Å². The summed E-state index contributed by atoms with van der Waals surface area (Å²) < 4.78 is 0. The van der Waals surface area contributed by atoms with Crippen LogP contribution >= 0.6 is 23.2 Å². The van der Waals surface area contributed by atoms with Gasteiger partial charge in [0.15, 0.2) is 0 Å². The van der Waals surface area contributed by atoms with Crippen LogP contribution < -0.4 is 11.1 Å². The van der Waals surface area contributed by atoms with Crippen LogP contribution in [0.3, 0.4) is 0 Å². The average Bonchev–Trinajstić information content (AvgIpc) is 2.29. The van der Waals surface area contributed by atoms with Gasteiger partial charge in [-0.05, 0) is 36.7 Å². The molecule has 0 aromatic heterocycles. The van der Waals surface area contributed by atoms with Crippen LogP contribution in [0.2, 0.25) is 10.0 Å². The van der Waals surface area contributed by atoms with E-state index >= 15 is 0 Å². The van der Waals surface area contributed by atoms with Gasteiger partial charge in [0, 0.05) is 6.54 Å². The monoisotopic (exact) mass is 260 g/mol. The molecule has 0 saturated carbocycles. The van der Waals surface area contributed by atoms with Crippen molar-refractivity contribution in [3.63, 3.8) is 0 Å². The van der Waals surface area contributed by atoms with Crippen LogP contribution in [0, 0.1) is 5.92 Å². The summed E-state index contributed by atoms with van der Waals surface area (Å²) in [6, 6.07) is 5.69. The van der Waals surface area contributed by atoms with Gasteiger partial charge < -0.3 is 11.1 Å². The molecule has 0 bridgehead atoms. The van der Waals surface area contributed by atoms with E-state index < -0.39 is 0 Å². The fourth-order valence-electron chi connectivity index (χ4n) is 1.46. The van der Waals surface area contributed by atoms with Crippen LogP contribution in [0.1, 0.15) is 18.9 Å². The largest absolute Gasteiger partial charge is 0.330 e. The smallest absolute Gasteiger partial charge is 0.0595 e. The second kappa shape index (κ2) is 7.13. The number of nitrogens with one attached hydrogen (secondary N) is 1. The molecule has 2 nitrogen and oxygen atoms in total. The third-order valence-corrected chi connectivity index (χ3v) is 3.40. The Hall–Kier alpha value is -0.280. The number of nitrogens with two attached hydrogens (primary N) is 1. The number of halogens is 2. The summed E-state index contributed by atoms with van der Waals surface area (Å²) >= 11 is 11.8. The molecule has 90 valence electrons. The minimum absolute atomic E-state index is 0.544. The quantitative estimate of drug-likeness (QED) is 0.825. The molecule has 1 atom stereocenters. The van der Waals surface area contributed by atoms with E-state index in [1.807, 2.05) is 18.2 Å². The lowest BCUT2D eigenvalue weighted by Gasteiger charge is -2.13. The maximum atomic E-state index is 5.93. The Bertz CT molecular complexity index is 325. The van der Waals surface area contributed by atoms with Crippen LogP contribution in [0.4, 0.5) is 0 Å². The molecule has 0 aliphatic heterocycles. The van der Waals surface area contributed by atoms with Gasteiger partial charge in [0.2, 0.25) is 0 Å². The summed E-state index contributed by atoms with van der Waals surface area (Å²) in [7, 11) is 0. The molecule has 0 aliphatic rings. The third-order valence-electron chi connectivity index (χ3n) is 2.66. The van der Waals surface area contributed by atoms with E-state index in [4.69, 9.17) is 28.9 Å². The molecule has 4 heteroatoms. The SMILES string of the molecule is CCC(CN)CNCc1ccc(Cl)c(Cl)c1. The second-order valence-electron chi connectivity index (χ2n) is 3.89. The molecule has 0 fully saturated rings. The van der Waals surface area contributed by atoms with Gasteiger partial charge in [0.25, 0.3) is 0 Å². The zero-order valence-electron chi connectivity index (χ0n) is 9.47. The first-order chi connectivity index (χ1) is 7.67. The first-order valence-electron chi connectivity index (χ1n) is 5.52. The van der Waals surface area contributed by atoms with Crippen molar-refractivity contribution in [1.29, 1.82) is 0 Å². The molecule has 0 amide bonds. The van der Waals surface area contributed by atoms with Gasteiger partial charge in [-0.3, -0.25) is 0 Å². The van der Waals surface area contributed by atoms with Crippen molar-refractivity contribution in [2.45, 2.75) is 19.9 Å². The van der Waals surface area contributed by atoms with Crippen molar-refractivity contribution >= 4 is 23.2 Å². The normalized spacial score (nSPS) is 12.8. The van der Waals surface area contributed by atoms with Gasteiger partial charge in [-0.15, -0.1) is 0 Å². The highest BCUT2D eigenvalue weighted by Gasteiger charge is 2.03. The number of hydrogen-bond acceptors (Lipinski definition) is 2. The summed E-state index contributed by atoms with van der Waals surface area (Å²) in [5, 5.41) is 4.57. The number of rotatable bonds is 6. The highest BCUT2D eigenvalue weighted by molar-refractivity contribution is 6.42. The van der Waals surface area contributed by atoms with E-state index in [-0.39, 0.29) is 0 Å². The minimum atomic E-state index is 0.544. The molecule has 0 spiro atoms. The van der Waals surface area contributed by atoms with Gasteiger partial charge in [-0.2, -0.15) is 0 Å². The Morgan fingerprint density at radius 2 is 2.06 bits per heavy atom. The van der Waals surface area contributed by atoms with Gasteiger partial charge >= 0.3 is 0 Å². The lowest BCUT2D eigenvalue weighted by atomic mass is 10.1. The second-order valence-corrected chi connectivity index (χ2v) is 4.70. The van der Waals surface area contributed by atoms with E-state index in [1.54, 1.807) is 0 Å². The van der Waals surface area contributed by atoms with E-state index in [1.165, 1.54) is 0 Å². The zero-order chi connectivity index (χ0) is 12.0. The molecule has 0 saturated heterocycles. The third kappa shape index (κ3) is 4.30. The summed E-state index contributed by atoms with van der Waals surface area (Å²) in [5.41, 5.74) is 6.77. The average molecular weight is 261 g/mol. The molecule has 0 aliphatic carbocycles. The number of benzene rings is 1. The topological polar surface area (TPSA) is 38.0 Å². The van der Waals surface area contributed by atoms with Crippen LogP contribution in [0.15, 0.2) is 18.2 Å². The molecular weight excluding hydrogens is 243 g/mol. The summed E-state index contributed by atoms with van der Waals surface area (Å²) in [4.78, 5) is 0. The number of hydrogen-bond donors (Lipinski definition) is 2. The van der Waals surface area contributed by atoms with Gasteiger partial charge in [0.05, 0.1) is 10.0 Å². The van der Waals surface area contributed by atoms with E-state index in [2.05, 4.69) is 12.2 Å². The minimum Gasteiger partial charge on any atom is -0.330 e. The van der Waals surface area contributed by atoms with E-state index in [9.17, 15) is 0 Å². The van der Waals surface area contributed by atoms with Crippen molar-refractivity contribution in [2.75, 3.05) is 13.1 Å². The Morgan fingerprint density at radius 1 is 1.31 bits per heavy atom. The summed E-state index contributed by atoms with van der Waals surface area (Å²) in [5.74, 6) is 0.544. The highest BCUT2D eigenvalue weighted by Crippen LogP contribution is 2.22.